The SMILES string of the molecule is Cc1nn(C(C)C)c(C)c1NC(=O)c1cccc(Br)c1Cl. The Morgan fingerprint density at radius 2 is 2.05 bits per heavy atom. The summed E-state index contributed by atoms with van der Waals surface area (Å²) < 4.78 is 2.59. The van der Waals surface area contributed by atoms with Gasteiger partial charge < -0.3 is 5.32 Å². The highest BCUT2D eigenvalue weighted by Gasteiger charge is 2.18. The molecule has 0 atom stereocenters. The van der Waals surface area contributed by atoms with E-state index in [-0.39, 0.29) is 11.9 Å². The van der Waals surface area contributed by atoms with Gasteiger partial charge in [-0.05, 0) is 55.8 Å². The van der Waals surface area contributed by atoms with Gasteiger partial charge in [-0.25, -0.2) is 0 Å². The molecule has 6 heteroatoms. The minimum absolute atomic E-state index is 0.240. The van der Waals surface area contributed by atoms with Crippen molar-refractivity contribution in [2.75, 3.05) is 5.32 Å². The third-order valence-corrected chi connectivity index (χ3v) is 4.55. The Kier molecular flexibility index (Phi) is 4.74. The van der Waals surface area contributed by atoms with Gasteiger partial charge in [0.1, 0.15) is 0 Å². The van der Waals surface area contributed by atoms with Gasteiger partial charge in [-0.1, -0.05) is 17.7 Å². The van der Waals surface area contributed by atoms with Crippen LogP contribution in [0, 0.1) is 13.8 Å². The molecular weight excluding hydrogens is 354 g/mol. The van der Waals surface area contributed by atoms with Crippen LogP contribution >= 0.6 is 27.5 Å². The highest BCUT2D eigenvalue weighted by atomic mass is 79.9. The minimum Gasteiger partial charge on any atom is -0.319 e. The second-order valence-corrected chi connectivity index (χ2v) is 6.37. The summed E-state index contributed by atoms with van der Waals surface area (Å²) in [6.45, 7) is 7.93. The number of anilines is 1. The Morgan fingerprint density at radius 3 is 2.62 bits per heavy atom. The molecule has 1 aromatic heterocycles. The van der Waals surface area contributed by atoms with E-state index in [1.165, 1.54) is 0 Å². The first-order valence-electron chi connectivity index (χ1n) is 6.64. The van der Waals surface area contributed by atoms with Crippen molar-refractivity contribution < 1.29 is 4.79 Å². The lowest BCUT2D eigenvalue weighted by Crippen LogP contribution is -2.14. The molecular formula is C15H17BrClN3O. The molecule has 0 aliphatic carbocycles. The Bertz CT molecular complexity index is 694. The molecule has 0 fully saturated rings. The molecule has 0 spiro atoms. The number of rotatable bonds is 3. The van der Waals surface area contributed by atoms with Gasteiger partial charge in [-0.15, -0.1) is 0 Å². The van der Waals surface area contributed by atoms with E-state index < -0.39 is 0 Å². The highest BCUT2D eigenvalue weighted by Crippen LogP contribution is 2.28. The molecule has 1 aromatic carbocycles. The van der Waals surface area contributed by atoms with Crippen LogP contribution < -0.4 is 5.32 Å². The van der Waals surface area contributed by atoms with Gasteiger partial charge in [0, 0.05) is 10.5 Å². The van der Waals surface area contributed by atoms with Crippen LogP contribution in [0.25, 0.3) is 0 Å². The van der Waals surface area contributed by atoms with E-state index in [9.17, 15) is 4.79 Å². The quantitative estimate of drug-likeness (QED) is 0.847. The molecule has 0 bridgehead atoms. The second kappa shape index (κ2) is 6.20. The summed E-state index contributed by atoms with van der Waals surface area (Å²) in [6.07, 6.45) is 0. The third-order valence-electron chi connectivity index (χ3n) is 3.25. The van der Waals surface area contributed by atoms with Crippen molar-refractivity contribution in [1.82, 2.24) is 9.78 Å². The molecule has 2 rings (SSSR count). The summed E-state index contributed by atoms with van der Waals surface area (Å²) in [5.74, 6) is -0.240. The zero-order valence-electron chi connectivity index (χ0n) is 12.4. The third kappa shape index (κ3) is 3.14. The number of nitrogens with zero attached hydrogens (tertiary/aromatic N) is 2. The normalized spacial score (nSPS) is 11.0. The fourth-order valence-electron chi connectivity index (χ4n) is 2.21. The van der Waals surface area contributed by atoms with E-state index in [2.05, 4.69) is 40.2 Å². The van der Waals surface area contributed by atoms with Crippen molar-refractivity contribution in [1.29, 1.82) is 0 Å². The van der Waals surface area contributed by atoms with E-state index in [1.54, 1.807) is 18.2 Å². The molecule has 1 amide bonds. The number of carbonyl (C=O) groups excluding carboxylic acids is 1. The summed E-state index contributed by atoms with van der Waals surface area (Å²) in [5, 5.41) is 7.77. The topological polar surface area (TPSA) is 46.9 Å². The van der Waals surface area contributed by atoms with Crippen molar-refractivity contribution in [3.63, 3.8) is 0 Å². The summed E-state index contributed by atoms with van der Waals surface area (Å²) in [6, 6.07) is 5.51. The monoisotopic (exact) mass is 369 g/mol. The van der Waals surface area contributed by atoms with Crippen LogP contribution in [0.1, 0.15) is 41.6 Å². The van der Waals surface area contributed by atoms with Gasteiger partial charge in [0.05, 0.1) is 27.7 Å². The lowest BCUT2D eigenvalue weighted by molar-refractivity contribution is 0.102. The molecule has 0 unspecified atom stereocenters. The second-order valence-electron chi connectivity index (χ2n) is 5.14. The molecule has 112 valence electrons. The molecule has 2 aromatic rings. The summed E-state index contributed by atoms with van der Waals surface area (Å²) in [4.78, 5) is 12.4. The standard InChI is InChI=1S/C15H17BrClN3O/c1-8(2)20-10(4)14(9(3)19-20)18-15(21)11-6-5-7-12(16)13(11)17/h5-8H,1-4H3,(H,18,21). The molecule has 4 nitrogen and oxygen atoms in total. The van der Waals surface area contributed by atoms with Gasteiger partial charge >= 0.3 is 0 Å². The lowest BCUT2D eigenvalue weighted by Gasteiger charge is -2.10. The van der Waals surface area contributed by atoms with E-state index in [1.807, 2.05) is 18.5 Å². The van der Waals surface area contributed by atoms with Gasteiger partial charge in [-0.3, -0.25) is 9.48 Å². The van der Waals surface area contributed by atoms with Gasteiger partial charge in [0.15, 0.2) is 0 Å². The van der Waals surface area contributed by atoms with Crippen LogP contribution in [0.4, 0.5) is 5.69 Å². The molecule has 0 aliphatic heterocycles. The first-order chi connectivity index (χ1) is 9.82. The number of halogens is 2. The van der Waals surface area contributed by atoms with Crippen LogP contribution in [0.15, 0.2) is 22.7 Å². The number of hydrogen-bond acceptors (Lipinski definition) is 2. The predicted molar refractivity (Wildman–Crippen MR) is 89.2 cm³/mol. The maximum Gasteiger partial charge on any atom is 0.257 e. The maximum absolute atomic E-state index is 12.4. The van der Waals surface area contributed by atoms with Crippen LogP contribution in [-0.4, -0.2) is 15.7 Å². The van der Waals surface area contributed by atoms with E-state index in [0.717, 1.165) is 17.1 Å². The maximum atomic E-state index is 12.4. The summed E-state index contributed by atoms with van der Waals surface area (Å²) in [5.41, 5.74) is 2.90. The molecule has 21 heavy (non-hydrogen) atoms. The van der Waals surface area contributed by atoms with Crippen LogP contribution in [0.2, 0.25) is 5.02 Å². The number of aromatic nitrogens is 2. The number of nitrogens with one attached hydrogen (secondary N) is 1. The average Bonchev–Trinajstić information content (AvgIpc) is 2.70. The Balaban J connectivity index is 2.34. The zero-order valence-corrected chi connectivity index (χ0v) is 14.7. The number of aryl methyl sites for hydroxylation is 1. The highest BCUT2D eigenvalue weighted by molar-refractivity contribution is 9.10. The zero-order chi connectivity index (χ0) is 15.7. The van der Waals surface area contributed by atoms with Crippen LogP contribution in [0.5, 0.6) is 0 Å². The minimum atomic E-state index is -0.240. The van der Waals surface area contributed by atoms with Crippen molar-refractivity contribution >= 4 is 39.1 Å². The van der Waals surface area contributed by atoms with Gasteiger partial charge in [0.2, 0.25) is 0 Å². The summed E-state index contributed by atoms with van der Waals surface area (Å²) >= 11 is 9.48. The fourth-order valence-corrected chi connectivity index (χ4v) is 2.78. The van der Waals surface area contributed by atoms with Gasteiger partial charge in [0.25, 0.3) is 5.91 Å². The molecule has 1 N–H and O–H groups in total. The molecule has 0 saturated carbocycles. The Morgan fingerprint density at radius 1 is 1.38 bits per heavy atom. The largest absolute Gasteiger partial charge is 0.319 e. The fraction of sp³-hybridized carbons (Fsp3) is 0.333. The smallest absolute Gasteiger partial charge is 0.257 e. The predicted octanol–water partition coefficient (Wildman–Crippen LogP) is 4.75. The Labute approximate surface area is 137 Å². The molecule has 1 heterocycles. The van der Waals surface area contributed by atoms with E-state index in [0.29, 0.717) is 15.1 Å². The van der Waals surface area contributed by atoms with Gasteiger partial charge in [-0.2, -0.15) is 5.10 Å². The molecule has 0 radical (unpaired) electrons. The molecule has 0 aliphatic rings. The number of hydrogen-bond donors (Lipinski definition) is 1. The first-order valence-corrected chi connectivity index (χ1v) is 7.81. The molecule has 0 saturated heterocycles. The van der Waals surface area contributed by atoms with Crippen LogP contribution in [-0.2, 0) is 0 Å². The summed E-state index contributed by atoms with van der Waals surface area (Å²) in [7, 11) is 0. The van der Waals surface area contributed by atoms with Crippen molar-refractivity contribution in [3.05, 3.63) is 44.6 Å². The number of carbonyl (C=O) groups is 1. The first kappa shape index (κ1) is 16.0. The van der Waals surface area contributed by atoms with E-state index in [4.69, 9.17) is 11.6 Å². The Hall–Kier alpha value is -1.33. The van der Waals surface area contributed by atoms with Crippen molar-refractivity contribution in [2.45, 2.75) is 33.7 Å². The van der Waals surface area contributed by atoms with E-state index >= 15 is 0 Å². The number of benzene rings is 1. The lowest BCUT2D eigenvalue weighted by atomic mass is 10.2. The van der Waals surface area contributed by atoms with Crippen molar-refractivity contribution in [3.8, 4) is 0 Å². The van der Waals surface area contributed by atoms with Crippen molar-refractivity contribution in [2.24, 2.45) is 0 Å². The van der Waals surface area contributed by atoms with Crippen LogP contribution in [0.3, 0.4) is 0 Å². The average molecular weight is 371 g/mol. The number of amides is 1.